The molecule has 1 heterocycles. The molecule has 0 bridgehead atoms. The lowest BCUT2D eigenvalue weighted by Crippen LogP contribution is -2.28. The summed E-state index contributed by atoms with van der Waals surface area (Å²) < 4.78 is 1.90. The van der Waals surface area contributed by atoms with Gasteiger partial charge in [0, 0.05) is 6.54 Å². The maximum absolute atomic E-state index is 12.3. The van der Waals surface area contributed by atoms with E-state index in [9.17, 15) is 9.90 Å². The Bertz CT molecular complexity index is 911. The van der Waals surface area contributed by atoms with Crippen molar-refractivity contribution in [1.29, 1.82) is 0 Å². The number of phenols is 1. The van der Waals surface area contributed by atoms with Crippen molar-refractivity contribution >= 4 is 17.7 Å². The molecule has 0 saturated heterocycles. The zero-order valence-electron chi connectivity index (χ0n) is 15.3. The van der Waals surface area contributed by atoms with Gasteiger partial charge in [-0.15, -0.1) is 10.2 Å². The number of amides is 1. The Labute approximate surface area is 162 Å². The Morgan fingerprint density at radius 2 is 1.85 bits per heavy atom. The Kier molecular flexibility index (Phi) is 6.13. The fourth-order valence-electron chi connectivity index (χ4n) is 2.78. The molecule has 2 N–H and O–H groups in total. The van der Waals surface area contributed by atoms with Crippen LogP contribution in [0.25, 0.3) is 11.4 Å². The van der Waals surface area contributed by atoms with Gasteiger partial charge in [-0.3, -0.25) is 4.79 Å². The topological polar surface area (TPSA) is 80.0 Å². The molecule has 27 heavy (non-hydrogen) atoms. The average Bonchev–Trinajstić information content (AvgIpc) is 3.10. The number of nitrogens with zero attached hydrogens (tertiary/aromatic N) is 3. The lowest BCUT2D eigenvalue weighted by atomic mass is 10.1. The van der Waals surface area contributed by atoms with Crippen LogP contribution in [-0.4, -0.2) is 31.5 Å². The smallest absolute Gasteiger partial charge is 0.230 e. The number of thioether (sulfide) groups is 1. The van der Waals surface area contributed by atoms with Gasteiger partial charge in [0.2, 0.25) is 5.91 Å². The number of aromatic nitrogens is 3. The minimum atomic E-state index is -0.0638. The number of para-hydroxylation sites is 1. The number of benzene rings is 2. The number of hydrogen-bond donors (Lipinski definition) is 2. The summed E-state index contributed by atoms with van der Waals surface area (Å²) in [6, 6.07) is 16.8. The molecular weight excluding hydrogens is 360 g/mol. The van der Waals surface area contributed by atoms with Gasteiger partial charge in [-0.2, -0.15) is 0 Å². The van der Waals surface area contributed by atoms with E-state index >= 15 is 0 Å². The summed E-state index contributed by atoms with van der Waals surface area (Å²) in [7, 11) is 0. The molecule has 0 aliphatic carbocycles. The molecule has 7 heteroatoms. The third-order valence-electron chi connectivity index (χ3n) is 4.19. The van der Waals surface area contributed by atoms with Crippen LogP contribution in [0.4, 0.5) is 0 Å². The molecule has 2 aromatic carbocycles. The zero-order valence-corrected chi connectivity index (χ0v) is 16.1. The van der Waals surface area contributed by atoms with E-state index in [4.69, 9.17) is 0 Å². The van der Waals surface area contributed by atoms with Crippen molar-refractivity contribution in [2.45, 2.75) is 31.6 Å². The van der Waals surface area contributed by atoms with Gasteiger partial charge in [0.1, 0.15) is 5.75 Å². The van der Waals surface area contributed by atoms with Crippen molar-refractivity contribution in [1.82, 2.24) is 20.1 Å². The zero-order chi connectivity index (χ0) is 19.2. The summed E-state index contributed by atoms with van der Waals surface area (Å²) in [4.78, 5) is 12.3. The highest BCUT2D eigenvalue weighted by molar-refractivity contribution is 7.99. The largest absolute Gasteiger partial charge is 0.507 e. The Hall–Kier alpha value is -2.80. The van der Waals surface area contributed by atoms with E-state index in [0.29, 0.717) is 23.1 Å². The first-order chi connectivity index (χ1) is 13.1. The molecule has 3 rings (SSSR count). The van der Waals surface area contributed by atoms with E-state index in [1.807, 2.05) is 54.8 Å². The van der Waals surface area contributed by atoms with Crippen molar-refractivity contribution in [3.05, 3.63) is 60.2 Å². The molecule has 0 spiro atoms. The molecule has 0 saturated carbocycles. The molecule has 0 radical (unpaired) electrons. The third kappa shape index (κ3) is 4.49. The van der Waals surface area contributed by atoms with Gasteiger partial charge in [0.15, 0.2) is 11.0 Å². The maximum Gasteiger partial charge on any atom is 0.230 e. The normalized spacial score (nSPS) is 11.9. The second-order valence-electron chi connectivity index (χ2n) is 6.06. The minimum Gasteiger partial charge on any atom is -0.507 e. The van der Waals surface area contributed by atoms with Gasteiger partial charge in [-0.05, 0) is 31.5 Å². The predicted octanol–water partition coefficient (Wildman–Crippen LogP) is 3.64. The number of nitrogens with one attached hydrogen (secondary N) is 1. The summed E-state index contributed by atoms with van der Waals surface area (Å²) in [5, 5.41) is 22.1. The van der Waals surface area contributed by atoms with Gasteiger partial charge in [-0.1, -0.05) is 54.2 Å². The fraction of sp³-hybridized carbons (Fsp3) is 0.250. The molecule has 140 valence electrons. The summed E-state index contributed by atoms with van der Waals surface area (Å²) >= 11 is 1.33. The number of carbonyl (C=O) groups is 1. The van der Waals surface area contributed by atoms with E-state index in [1.54, 1.807) is 18.2 Å². The highest BCUT2D eigenvalue weighted by Crippen LogP contribution is 2.30. The first-order valence-electron chi connectivity index (χ1n) is 8.78. The van der Waals surface area contributed by atoms with Crippen LogP contribution >= 0.6 is 11.8 Å². The minimum absolute atomic E-state index is 0.0554. The van der Waals surface area contributed by atoms with Crippen LogP contribution in [-0.2, 0) is 11.3 Å². The van der Waals surface area contributed by atoms with Crippen LogP contribution in [0.3, 0.4) is 0 Å². The standard InChI is InChI=1S/C20H22N4O2S/c1-3-24-19(16-11-7-8-12-17(16)25)22-23-20(24)27-13-18(26)21-14(2)15-9-5-4-6-10-15/h4-12,14,25H,3,13H2,1-2H3,(H,21,26). The monoisotopic (exact) mass is 382 g/mol. The van der Waals surface area contributed by atoms with Gasteiger partial charge in [-0.25, -0.2) is 0 Å². The fourth-order valence-corrected chi connectivity index (χ4v) is 3.59. The van der Waals surface area contributed by atoms with Crippen molar-refractivity contribution in [2.24, 2.45) is 0 Å². The van der Waals surface area contributed by atoms with E-state index in [-0.39, 0.29) is 23.5 Å². The second kappa shape index (κ2) is 8.73. The first kappa shape index (κ1) is 19.0. The van der Waals surface area contributed by atoms with Gasteiger partial charge in [0.05, 0.1) is 17.4 Å². The van der Waals surface area contributed by atoms with E-state index in [1.165, 1.54) is 11.8 Å². The van der Waals surface area contributed by atoms with Crippen molar-refractivity contribution < 1.29 is 9.90 Å². The van der Waals surface area contributed by atoms with Crippen molar-refractivity contribution in [3.63, 3.8) is 0 Å². The van der Waals surface area contributed by atoms with Crippen molar-refractivity contribution in [3.8, 4) is 17.1 Å². The lowest BCUT2D eigenvalue weighted by molar-refractivity contribution is -0.119. The number of phenolic OH excluding ortho intramolecular Hbond substituents is 1. The molecular formula is C20H22N4O2S. The number of hydrogen-bond acceptors (Lipinski definition) is 5. The van der Waals surface area contributed by atoms with E-state index < -0.39 is 0 Å². The van der Waals surface area contributed by atoms with E-state index in [0.717, 1.165) is 5.56 Å². The Balaban J connectivity index is 1.66. The summed E-state index contributed by atoms with van der Waals surface area (Å²) in [5.41, 5.74) is 1.69. The van der Waals surface area contributed by atoms with Gasteiger partial charge in [0.25, 0.3) is 0 Å². The van der Waals surface area contributed by atoms with Crippen LogP contribution in [0.15, 0.2) is 59.8 Å². The molecule has 6 nitrogen and oxygen atoms in total. The van der Waals surface area contributed by atoms with Crippen LogP contribution in [0.5, 0.6) is 5.75 Å². The van der Waals surface area contributed by atoms with Crippen LogP contribution in [0.2, 0.25) is 0 Å². The number of carbonyl (C=O) groups excluding carboxylic acids is 1. The highest BCUT2D eigenvalue weighted by atomic mass is 32.2. The first-order valence-corrected chi connectivity index (χ1v) is 9.77. The maximum atomic E-state index is 12.3. The third-order valence-corrected chi connectivity index (χ3v) is 5.15. The van der Waals surface area contributed by atoms with Crippen molar-refractivity contribution in [2.75, 3.05) is 5.75 Å². The molecule has 3 aromatic rings. The Morgan fingerprint density at radius 1 is 1.15 bits per heavy atom. The lowest BCUT2D eigenvalue weighted by Gasteiger charge is -2.14. The Morgan fingerprint density at radius 3 is 2.56 bits per heavy atom. The van der Waals surface area contributed by atoms with E-state index in [2.05, 4.69) is 15.5 Å². The van der Waals surface area contributed by atoms with Crippen LogP contribution in [0, 0.1) is 0 Å². The SMILES string of the molecule is CCn1c(SCC(=O)NC(C)c2ccccc2)nnc1-c1ccccc1O. The highest BCUT2D eigenvalue weighted by Gasteiger charge is 2.17. The summed E-state index contributed by atoms with van der Waals surface area (Å²) in [6.45, 7) is 4.58. The molecule has 0 fully saturated rings. The molecule has 1 aromatic heterocycles. The molecule has 0 aliphatic heterocycles. The van der Waals surface area contributed by atoms with Crippen LogP contribution < -0.4 is 5.32 Å². The summed E-state index contributed by atoms with van der Waals surface area (Å²) in [6.07, 6.45) is 0. The number of rotatable bonds is 7. The molecule has 1 unspecified atom stereocenters. The quantitative estimate of drug-likeness (QED) is 0.610. The predicted molar refractivity (Wildman–Crippen MR) is 107 cm³/mol. The average molecular weight is 382 g/mol. The molecule has 1 atom stereocenters. The van der Waals surface area contributed by atoms with Gasteiger partial charge < -0.3 is 15.0 Å². The second-order valence-corrected chi connectivity index (χ2v) is 7.00. The van der Waals surface area contributed by atoms with Crippen LogP contribution in [0.1, 0.15) is 25.5 Å². The van der Waals surface area contributed by atoms with Gasteiger partial charge >= 0.3 is 0 Å². The summed E-state index contributed by atoms with van der Waals surface area (Å²) in [5.74, 6) is 0.934. The number of aromatic hydroxyl groups is 1. The molecule has 0 aliphatic rings. The molecule has 1 amide bonds.